The Hall–Kier alpha value is -1.17. The van der Waals surface area contributed by atoms with Crippen LogP contribution in [0.4, 0.5) is 5.82 Å². The fraction of sp³-hybridized carbons (Fsp3) is 0.474. The molecule has 1 aromatic carbocycles. The van der Waals surface area contributed by atoms with Crippen molar-refractivity contribution in [3.8, 4) is 5.88 Å². The second-order valence-corrected chi connectivity index (χ2v) is 9.02. The SMILES string of the molecule is Oc1nc(N2CCC3(CCCC3)CC2)cnc1Sc1cccc(Cl)c1Cl. The molecule has 2 aliphatic rings. The maximum atomic E-state index is 10.4. The number of hydrogen-bond donors (Lipinski definition) is 1. The summed E-state index contributed by atoms with van der Waals surface area (Å²) in [7, 11) is 0. The molecule has 4 rings (SSSR count). The molecular weight excluding hydrogens is 389 g/mol. The predicted molar refractivity (Wildman–Crippen MR) is 107 cm³/mol. The van der Waals surface area contributed by atoms with E-state index >= 15 is 0 Å². The number of aromatic nitrogens is 2. The first-order valence-corrected chi connectivity index (χ1v) is 10.6. The summed E-state index contributed by atoms with van der Waals surface area (Å²) in [4.78, 5) is 11.8. The Balaban J connectivity index is 1.47. The summed E-state index contributed by atoms with van der Waals surface area (Å²) in [6.07, 6.45) is 9.65. The molecule has 1 saturated heterocycles. The van der Waals surface area contributed by atoms with Gasteiger partial charge in [0.05, 0.1) is 16.2 Å². The largest absolute Gasteiger partial charge is 0.491 e. The van der Waals surface area contributed by atoms with Crippen LogP contribution in [-0.4, -0.2) is 28.2 Å². The fourth-order valence-corrected chi connectivity index (χ4v) is 5.35. The van der Waals surface area contributed by atoms with E-state index in [2.05, 4.69) is 14.9 Å². The van der Waals surface area contributed by atoms with Gasteiger partial charge in [-0.2, -0.15) is 4.98 Å². The Morgan fingerprint density at radius 1 is 1.08 bits per heavy atom. The van der Waals surface area contributed by atoms with Gasteiger partial charge in [0.25, 0.3) is 0 Å². The topological polar surface area (TPSA) is 49.3 Å². The van der Waals surface area contributed by atoms with E-state index in [1.165, 1.54) is 50.3 Å². The van der Waals surface area contributed by atoms with Crippen LogP contribution < -0.4 is 4.90 Å². The number of piperidine rings is 1. The van der Waals surface area contributed by atoms with Gasteiger partial charge >= 0.3 is 0 Å². The Labute approximate surface area is 167 Å². The lowest BCUT2D eigenvalue weighted by molar-refractivity contribution is 0.226. The third-order valence-corrected chi connectivity index (χ3v) is 7.62. The Bertz CT molecular complexity index is 801. The molecule has 2 fully saturated rings. The molecule has 1 spiro atoms. The van der Waals surface area contributed by atoms with Crippen molar-refractivity contribution in [3.63, 3.8) is 0 Å². The smallest absolute Gasteiger partial charge is 0.246 e. The summed E-state index contributed by atoms with van der Waals surface area (Å²) < 4.78 is 0. The first-order chi connectivity index (χ1) is 12.6. The van der Waals surface area contributed by atoms with E-state index in [0.29, 0.717) is 20.5 Å². The Kier molecular flexibility index (Phi) is 5.22. The molecule has 4 nitrogen and oxygen atoms in total. The number of anilines is 1. The highest BCUT2D eigenvalue weighted by Gasteiger charge is 2.37. The van der Waals surface area contributed by atoms with Crippen LogP contribution in [0, 0.1) is 5.41 Å². The molecule has 0 bridgehead atoms. The van der Waals surface area contributed by atoms with Crippen molar-refractivity contribution < 1.29 is 5.11 Å². The zero-order valence-electron chi connectivity index (χ0n) is 14.4. The molecule has 1 aromatic heterocycles. The molecule has 138 valence electrons. The van der Waals surface area contributed by atoms with Crippen LogP contribution in [0.25, 0.3) is 0 Å². The van der Waals surface area contributed by atoms with E-state index in [1.807, 2.05) is 12.1 Å². The van der Waals surface area contributed by atoms with Crippen molar-refractivity contribution in [3.05, 3.63) is 34.4 Å². The summed E-state index contributed by atoms with van der Waals surface area (Å²) in [5.74, 6) is 0.682. The van der Waals surface area contributed by atoms with E-state index in [9.17, 15) is 5.11 Å². The summed E-state index contributed by atoms with van der Waals surface area (Å²) in [5.41, 5.74) is 0.561. The first kappa shape index (κ1) is 18.2. The number of rotatable bonds is 3. The zero-order chi connectivity index (χ0) is 18.1. The minimum atomic E-state index is -0.0651. The van der Waals surface area contributed by atoms with Gasteiger partial charge in [-0.15, -0.1) is 0 Å². The van der Waals surface area contributed by atoms with Gasteiger partial charge in [-0.05, 0) is 43.2 Å². The molecule has 26 heavy (non-hydrogen) atoms. The van der Waals surface area contributed by atoms with Crippen LogP contribution in [0.2, 0.25) is 10.0 Å². The van der Waals surface area contributed by atoms with Gasteiger partial charge in [0.1, 0.15) is 0 Å². The molecule has 0 atom stereocenters. The van der Waals surface area contributed by atoms with Crippen molar-refractivity contribution >= 4 is 40.8 Å². The van der Waals surface area contributed by atoms with Gasteiger partial charge in [-0.3, -0.25) is 0 Å². The highest BCUT2D eigenvalue weighted by molar-refractivity contribution is 7.99. The fourth-order valence-electron chi connectivity index (χ4n) is 4.09. The van der Waals surface area contributed by atoms with Gasteiger partial charge in [-0.1, -0.05) is 53.9 Å². The normalized spacial score (nSPS) is 19.2. The Morgan fingerprint density at radius 3 is 2.50 bits per heavy atom. The van der Waals surface area contributed by atoms with Crippen molar-refractivity contribution in [1.82, 2.24) is 9.97 Å². The van der Waals surface area contributed by atoms with E-state index in [1.54, 1.807) is 12.3 Å². The first-order valence-electron chi connectivity index (χ1n) is 8.99. The van der Waals surface area contributed by atoms with Gasteiger partial charge in [0, 0.05) is 18.0 Å². The van der Waals surface area contributed by atoms with Crippen LogP contribution in [0.5, 0.6) is 5.88 Å². The monoisotopic (exact) mass is 409 g/mol. The van der Waals surface area contributed by atoms with E-state index < -0.39 is 0 Å². The quantitative estimate of drug-likeness (QED) is 0.693. The minimum Gasteiger partial charge on any atom is -0.491 e. The summed E-state index contributed by atoms with van der Waals surface area (Å²) >= 11 is 13.5. The number of halogens is 2. The maximum absolute atomic E-state index is 10.4. The second kappa shape index (κ2) is 7.45. The number of aromatic hydroxyl groups is 1. The molecule has 7 heteroatoms. The zero-order valence-corrected chi connectivity index (χ0v) is 16.7. The molecule has 1 N–H and O–H groups in total. The van der Waals surface area contributed by atoms with Crippen molar-refractivity contribution in [1.29, 1.82) is 0 Å². The summed E-state index contributed by atoms with van der Waals surface area (Å²) in [5, 5.41) is 11.7. The highest BCUT2D eigenvalue weighted by Crippen LogP contribution is 2.46. The van der Waals surface area contributed by atoms with E-state index in [4.69, 9.17) is 23.2 Å². The third-order valence-electron chi connectivity index (χ3n) is 5.64. The molecule has 1 saturated carbocycles. The second-order valence-electron chi connectivity index (χ2n) is 7.21. The van der Waals surface area contributed by atoms with Crippen LogP contribution in [0.1, 0.15) is 38.5 Å². The summed E-state index contributed by atoms with van der Waals surface area (Å²) in [6.45, 7) is 1.97. The van der Waals surface area contributed by atoms with Gasteiger partial charge in [0.2, 0.25) is 5.88 Å². The third kappa shape index (κ3) is 3.62. The minimum absolute atomic E-state index is 0.0651. The van der Waals surface area contributed by atoms with Crippen LogP contribution >= 0.6 is 35.0 Å². The van der Waals surface area contributed by atoms with Gasteiger partial charge < -0.3 is 10.0 Å². The van der Waals surface area contributed by atoms with Crippen molar-refractivity contribution in [2.45, 2.75) is 48.4 Å². The maximum Gasteiger partial charge on any atom is 0.246 e. The van der Waals surface area contributed by atoms with E-state index in [-0.39, 0.29) is 5.88 Å². The van der Waals surface area contributed by atoms with Crippen LogP contribution in [-0.2, 0) is 0 Å². The molecule has 0 unspecified atom stereocenters. The molecule has 0 radical (unpaired) electrons. The highest BCUT2D eigenvalue weighted by atomic mass is 35.5. The lowest BCUT2D eigenvalue weighted by atomic mass is 9.77. The average Bonchev–Trinajstić information content (AvgIpc) is 3.09. The van der Waals surface area contributed by atoms with Gasteiger partial charge in [0.15, 0.2) is 10.8 Å². The molecule has 1 aliphatic carbocycles. The lowest BCUT2D eigenvalue weighted by Gasteiger charge is -2.39. The number of benzene rings is 1. The molecule has 1 aliphatic heterocycles. The van der Waals surface area contributed by atoms with Gasteiger partial charge in [-0.25, -0.2) is 4.98 Å². The van der Waals surface area contributed by atoms with E-state index in [0.717, 1.165) is 23.8 Å². The molecule has 2 aromatic rings. The molecule has 0 amide bonds. The Morgan fingerprint density at radius 2 is 1.81 bits per heavy atom. The van der Waals surface area contributed by atoms with Crippen LogP contribution in [0.3, 0.4) is 0 Å². The van der Waals surface area contributed by atoms with Crippen molar-refractivity contribution in [2.24, 2.45) is 5.41 Å². The average molecular weight is 410 g/mol. The standard InChI is InChI=1S/C19H21Cl2N3OS/c20-13-4-3-5-14(16(13)21)26-18-17(25)23-15(12-22-18)24-10-8-19(9-11-24)6-1-2-7-19/h3-5,12H,1-2,6-11H2,(H,23,25). The van der Waals surface area contributed by atoms with Crippen molar-refractivity contribution in [2.75, 3.05) is 18.0 Å². The molecule has 2 heterocycles. The lowest BCUT2D eigenvalue weighted by Crippen LogP contribution is -2.39. The summed E-state index contributed by atoms with van der Waals surface area (Å²) in [6, 6.07) is 5.40. The number of hydrogen-bond acceptors (Lipinski definition) is 5. The predicted octanol–water partition coefficient (Wildman–Crippen LogP) is 5.80. The number of nitrogens with zero attached hydrogens (tertiary/aromatic N) is 3. The van der Waals surface area contributed by atoms with Crippen LogP contribution in [0.15, 0.2) is 34.3 Å². The molecular formula is C19H21Cl2N3OS.